The normalized spacial score (nSPS) is 13.4. The number of para-hydroxylation sites is 2. The minimum Gasteiger partial charge on any atom is -0.507 e. The van der Waals surface area contributed by atoms with Gasteiger partial charge in [0.2, 0.25) is 0 Å². The number of nitrogens with zero attached hydrogens (tertiary/aromatic N) is 4. The summed E-state index contributed by atoms with van der Waals surface area (Å²) in [7, 11) is 0. The first kappa shape index (κ1) is 27.3. The Morgan fingerprint density at radius 1 is 0.644 bits per heavy atom. The summed E-state index contributed by atoms with van der Waals surface area (Å²) in [5, 5.41) is 11.8. The molecule has 7 aromatic rings. The number of anilines is 1. The van der Waals surface area contributed by atoms with Gasteiger partial charge in [-0.25, -0.2) is 9.97 Å². The van der Waals surface area contributed by atoms with Crippen molar-refractivity contribution in [2.24, 2.45) is 0 Å². The number of hydrogen-bond donors (Lipinski definition) is 1. The number of hydrogen-bond acceptors (Lipinski definition) is 6. The van der Waals surface area contributed by atoms with Gasteiger partial charge in [0.05, 0.1) is 40.4 Å². The number of phenols is 1. The van der Waals surface area contributed by atoms with Crippen molar-refractivity contribution in [1.82, 2.24) is 14.5 Å². The van der Waals surface area contributed by atoms with E-state index in [1.165, 1.54) is 5.69 Å². The van der Waals surface area contributed by atoms with E-state index in [9.17, 15) is 5.11 Å². The van der Waals surface area contributed by atoms with Crippen molar-refractivity contribution in [1.29, 1.82) is 0 Å². The number of rotatable bonds is 6. The molecule has 0 aliphatic carbocycles. The summed E-state index contributed by atoms with van der Waals surface area (Å²) in [6, 6.07) is 43.2. The molecule has 45 heavy (non-hydrogen) atoms. The first-order chi connectivity index (χ1) is 22.2. The quantitative estimate of drug-likeness (QED) is 0.205. The van der Waals surface area contributed by atoms with Crippen molar-refractivity contribution in [3.05, 3.63) is 127 Å². The van der Waals surface area contributed by atoms with Crippen LogP contribution in [0, 0.1) is 0 Å². The number of imidazole rings is 1. The fraction of sp³-hybridized carbons (Fsp3) is 0.105. The molecule has 1 aliphatic heterocycles. The summed E-state index contributed by atoms with van der Waals surface area (Å²) in [5.41, 5.74) is 8.60. The van der Waals surface area contributed by atoms with E-state index < -0.39 is 0 Å². The fourth-order valence-corrected chi connectivity index (χ4v) is 6.98. The maximum Gasteiger partial charge on any atom is 0.145 e. The topological polar surface area (TPSA) is 63.4 Å². The Bertz CT molecular complexity index is 2060. The monoisotopic (exact) mass is 606 g/mol. The summed E-state index contributed by atoms with van der Waals surface area (Å²) in [5.74, 6) is 1.04. The minimum atomic E-state index is 0.195. The van der Waals surface area contributed by atoms with Crippen LogP contribution >= 0.6 is 11.3 Å². The van der Waals surface area contributed by atoms with E-state index >= 15 is 0 Å². The van der Waals surface area contributed by atoms with Crippen LogP contribution in [0.15, 0.2) is 127 Å². The highest BCUT2D eigenvalue weighted by atomic mass is 32.1. The number of aromatic nitrogens is 3. The molecule has 8 rings (SSSR count). The highest BCUT2D eigenvalue weighted by Gasteiger charge is 2.24. The van der Waals surface area contributed by atoms with E-state index in [1.807, 2.05) is 42.5 Å². The van der Waals surface area contributed by atoms with Gasteiger partial charge < -0.3 is 14.7 Å². The molecule has 0 unspecified atom stereocenters. The first-order valence-corrected chi connectivity index (χ1v) is 15.9. The van der Waals surface area contributed by atoms with Crippen molar-refractivity contribution < 1.29 is 9.84 Å². The van der Waals surface area contributed by atoms with Gasteiger partial charge in [-0.2, -0.15) is 0 Å². The second kappa shape index (κ2) is 11.7. The molecule has 2 aromatic heterocycles. The van der Waals surface area contributed by atoms with Crippen LogP contribution in [0.1, 0.15) is 0 Å². The van der Waals surface area contributed by atoms with Crippen molar-refractivity contribution in [3.8, 4) is 55.9 Å². The maximum absolute atomic E-state index is 11.0. The molecular formula is C38H30N4O2S. The highest BCUT2D eigenvalue weighted by Crippen LogP contribution is 2.42. The first-order valence-electron chi connectivity index (χ1n) is 15.1. The maximum atomic E-state index is 11.0. The molecule has 3 heterocycles. The lowest BCUT2D eigenvalue weighted by molar-refractivity contribution is 0.122. The van der Waals surface area contributed by atoms with Gasteiger partial charge in [-0.1, -0.05) is 60.7 Å². The Labute approximate surface area is 265 Å². The second-order valence-corrected chi connectivity index (χ2v) is 12.1. The van der Waals surface area contributed by atoms with Crippen LogP contribution in [0.3, 0.4) is 0 Å². The Kier molecular flexibility index (Phi) is 7.10. The third kappa shape index (κ3) is 5.16. The van der Waals surface area contributed by atoms with Crippen LogP contribution < -0.4 is 4.90 Å². The molecular weight excluding hydrogens is 577 g/mol. The molecule has 1 N–H and O–H groups in total. The summed E-state index contributed by atoms with van der Waals surface area (Å²) in [6.45, 7) is 3.27. The number of morpholine rings is 1. The lowest BCUT2D eigenvalue weighted by atomic mass is 10.0. The molecule has 0 spiro atoms. The Morgan fingerprint density at radius 2 is 1.33 bits per heavy atom. The summed E-state index contributed by atoms with van der Waals surface area (Å²) >= 11 is 1.58. The molecule has 1 aliphatic rings. The van der Waals surface area contributed by atoms with Gasteiger partial charge in [-0.3, -0.25) is 4.57 Å². The molecule has 5 aromatic carbocycles. The Hall–Kier alpha value is -5.24. The van der Waals surface area contributed by atoms with Gasteiger partial charge in [0.15, 0.2) is 0 Å². The summed E-state index contributed by atoms with van der Waals surface area (Å²) in [4.78, 5) is 12.6. The van der Waals surface area contributed by atoms with Gasteiger partial charge in [0, 0.05) is 41.2 Å². The number of benzene rings is 5. The smallest absolute Gasteiger partial charge is 0.145 e. The summed E-state index contributed by atoms with van der Waals surface area (Å²) in [6.07, 6.45) is 0. The molecule has 0 radical (unpaired) electrons. The number of aromatic hydroxyl groups is 1. The second-order valence-electron chi connectivity index (χ2n) is 11.0. The SMILES string of the molecule is Oc1ccc(-c2nc(-c3ccc(N4CCOCC4)cc3)n(-c3ccccc3)c2-c2ccccc2)cc1-c1nc2ccccc2s1. The fourth-order valence-electron chi connectivity index (χ4n) is 5.99. The van der Waals surface area contributed by atoms with E-state index in [2.05, 4.69) is 88.3 Å². The third-order valence-corrected chi connectivity index (χ3v) is 9.30. The lowest BCUT2D eigenvalue weighted by Gasteiger charge is -2.28. The predicted molar refractivity (Wildman–Crippen MR) is 183 cm³/mol. The molecule has 0 saturated carbocycles. The van der Waals surface area contributed by atoms with Gasteiger partial charge in [0.1, 0.15) is 16.6 Å². The largest absolute Gasteiger partial charge is 0.507 e. The van der Waals surface area contributed by atoms with Gasteiger partial charge in [-0.15, -0.1) is 11.3 Å². The average Bonchev–Trinajstić information content (AvgIpc) is 3.72. The molecule has 1 saturated heterocycles. The van der Waals surface area contributed by atoms with Gasteiger partial charge in [0.25, 0.3) is 0 Å². The molecule has 0 bridgehead atoms. The molecule has 220 valence electrons. The number of phenolic OH excluding ortho intramolecular Hbond substituents is 1. The zero-order chi connectivity index (χ0) is 30.2. The van der Waals surface area contributed by atoms with Crippen LogP contribution in [0.25, 0.3) is 60.4 Å². The van der Waals surface area contributed by atoms with Crippen LogP contribution in [0.5, 0.6) is 5.75 Å². The molecule has 0 amide bonds. The molecule has 7 heteroatoms. The third-order valence-electron chi connectivity index (χ3n) is 8.24. The van der Waals surface area contributed by atoms with Gasteiger partial charge in [-0.05, 0) is 66.7 Å². The molecule has 6 nitrogen and oxygen atoms in total. The van der Waals surface area contributed by atoms with E-state index in [0.717, 1.165) is 81.1 Å². The van der Waals surface area contributed by atoms with E-state index in [0.29, 0.717) is 5.56 Å². The zero-order valence-corrected chi connectivity index (χ0v) is 25.3. The van der Waals surface area contributed by atoms with E-state index in [-0.39, 0.29) is 5.75 Å². The van der Waals surface area contributed by atoms with Crippen molar-refractivity contribution >= 4 is 27.2 Å². The minimum absolute atomic E-state index is 0.195. The predicted octanol–water partition coefficient (Wildman–Crippen LogP) is 8.69. The Morgan fingerprint density at radius 3 is 2.09 bits per heavy atom. The van der Waals surface area contributed by atoms with E-state index in [4.69, 9.17) is 14.7 Å². The van der Waals surface area contributed by atoms with Crippen LogP contribution in [-0.4, -0.2) is 45.9 Å². The number of thiazole rings is 1. The van der Waals surface area contributed by atoms with Crippen molar-refractivity contribution in [2.75, 3.05) is 31.2 Å². The highest BCUT2D eigenvalue weighted by molar-refractivity contribution is 7.21. The standard InChI is InChI=1S/C38H30N4O2S/c43-33-20-17-28(25-31(33)38-39-32-13-7-8-14-34(32)45-38)35-36(26-9-3-1-4-10-26)42(30-11-5-2-6-12-30)37(40-35)27-15-18-29(19-16-27)41-21-23-44-24-22-41/h1-20,25,43H,21-24H2. The van der Waals surface area contributed by atoms with Crippen LogP contribution in [-0.2, 0) is 4.74 Å². The molecule has 1 fully saturated rings. The number of fused-ring (bicyclic) bond motifs is 1. The van der Waals surface area contributed by atoms with Crippen molar-refractivity contribution in [3.63, 3.8) is 0 Å². The van der Waals surface area contributed by atoms with Crippen LogP contribution in [0.4, 0.5) is 5.69 Å². The van der Waals surface area contributed by atoms with Crippen LogP contribution in [0.2, 0.25) is 0 Å². The lowest BCUT2D eigenvalue weighted by Crippen LogP contribution is -2.36. The summed E-state index contributed by atoms with van der Waals surface area (Å²) < 4.78 is 8.89. The van der Waals surface area contributed by atoms with Crippen molar-refractivity contribution in [2.45, 2.75) is 0 Å². The van der Waals surface area contributed by atoms with E-state index in [1.54, 1.807) is 17.4 Å². The Balaban J connectivity index is 1.33. The zero-order valence-electron chi connectivity index (χ0n) is 24.5. The average molecular weight is 607 g/mol. The van der Waals surface area contributed by atoms with Gasteiger partial charge >= 0.3 is 0 Å². The number of ether oxygens (including phenoxy) is 1. The molecule has 0 atom stereocenters.